The Morgan fingerprint density at radius 1 is 0.352 bits per heavy atom. The van der Waals surface area contributed by atoms with Crippen molar-refractivity contribution in [3.05, 3.63) is 243 Å². The minimum absolute atomic E-state index is 0.852. The van der Waals surface area contributed by atoms with Crippen LogP contribution in [0.3, 0.4) is 0 Å². The first-order valence-electron chi connectivity index (χ1n) is 23.9. The molecule has 0 saturated carbocycles. The van der Waals surface area contributed by atoms with Gasteiger partial charge >= 0.3 is 0 Å². The molecule has 0 spiro atoms. The minimum atomic E-state index is 0.852. The Hall–Kier alpha value is -8.74. The molecule has 5 heteroatoms. The average Bonchev–Trinajstić information content (AvgIpc) is 4.14. The minimum Gasteiger partial charge on any atom is -0.455 e. The van der Waals surface area contributed by atoms with E-state index in [0.29, 0.717) is 0 Å². The zero-order valence-corrected chi connectivity index (χ0v) is 40.1. The summed E-state index contributed by atoms with van der Waals surface area (Å²) in [5.74, 6) is 0. The maximum Gasteiger partial charge on any atom is 0.143 e. The van der Waals surface area contributed by atoms with Crippen molar-refractivity contribution in [1.29, 1.82) is 0 Å². The fraction of sp³-hybridized carbons (Fsp3) is 0. The van der Waals surface area contributed by atoms with Gasteiger partial charge in [0, 0.05) is 69.9 Å². The van der Waals surface area contributed by atoms with Crippen LogP contribution in [-0.4, -0.2) is 0 Å². The molecule has 3 heterocycles. The Labute approximate surface area is 418 Å². The van der Waals surface area contributed by atoms with Crippen LogP contribution in [0, 0.1) is 0 Å². The Morgan fingerprint density at radius 3 is 1.39 bits per heavy atom. The molecule has 0 unspecified atom stereocenters. The van der Waals surface area contributed by atoms with Gasteiger partial charge in [0.15, 0.2) is 0 Å². The molecule has 11 aromatic carbocycles. The van der Waals surface area contributed by atoms with Crippen LogP contribution < -0.4 is 9.80 Å². The molecule has 0 atom stereocenters. The molecule has 0 aliphatic carbocycles. The number of rotatable bonds is 9. The molecular weight excluding hydrogens is 901 g/mol. The van der Waals surface area contributed by atoms with Crippen molar-refractivity contribution in [2.24, 2.45) is 0 Å². The van der Waals surface area contributed by atoms with Gasteiger partial charge in [-0.25, -0.2) is 0 Å². The average molecular weight is 943 g/mol. The van der Waals surface area contributed by atoms with Gasteiger partial charge in [-0.15, -0.1) is 22.7 Å². The van der Waals surface area contributed by atoms with Crippen molar-refractivity contribution in [3.63, 3.8) is 0 Å². The SMILES string of the molecule is C=Cc1ccc(N(c2ccc(C=C)cc2)c2cc(-c3ccc4c(c3)oc3c5ccccc5c5ccccc5c43)cc(N(c3cccc4c3sc3ccccc34)c3cccc4c3sc3ccccc34)c2)cc1. The maximum absolute atomic E-state index is 7.03. The highest BCUT2D eigenvalue weighted by atomic mass is 32.1. The first-order chi connectivity index (χ1) is 35.1. The van der Waals surface area contributed by atoms with Crippen molar-refractivity contribution in [2.75, 3.05) is 9.80 Å². The topological polar surface area (TPSA) is 19.6 Å². The second kappa shape index (κ2) is 16.5. The van der Waals surface area contributed by atoms with E-state index >= 15 is 0 Å². The van der Waals surface area contributed by atoms with E-state index in [9.17, 15) is 0 Å². The molecule has 14 aromatic rings. The van der Waals surface area contributed by atoms with E-state index in [0.717, 1.165) is 83.7 Å². The third-order valence-corrected chi connectivity index (χ3v) is 16.5. The van der Waals surface area contributed by atoms with Crippen molar-refractivity contribution < 1.29 is 4.42 Å². The smallest absolute Gasteiger partial charge is 0.143 e. The van der Waals surface area contributed by atoms with Crippen molar-refractivity contribution in [1.82, 2.24) is 0 Å². The molecule has 3 nitrogen and oxygen atoms in total. The molecule has 0 aliphatic rings. The fourth-order valence-electron chi connectivity index (χ4n) is 10.8. The Kier molecular flexibility index (Phi) is 9.56. The highest BCUT2D eigenvalue weighted by Gasteiger charge is 2.25. The lowest BCUT2D eigenvalue weighted by Crippen LogP contribution is -2.14. The van der Waals surface area contributed by atoms with Gasteiger partial charge in [-0.1, -0.05) is 165 Å². The number of nitrogens with zero attached hydrogens (tertiary/aromatic N) is 2. The van der Waals surface area contributed by atoms with Crippen molar-refractivity contribution in [2.45, 2.75) is 0 Å². The number of furan rings is 1. The Balaban J connectivity index is 1.08. The molecule has 0 bridgehead atoms. The number of anilines is 6. The van der Waals surface area contributed by atoms with E-state index in [1.165, 1.54) is 56.5 Å². The van der Waals surface area contributed by atoms with Crippen LogP contribution in [0.1, 0.15) is 11.1 Å². The summed E-state index contributed by atoms with van der Waals surface area (Å²) < 4.78 is 12.0. The third kappa shape index (κ3) is 6.62. The number of benzene rings is 11. The second-order valence-corrected chi connectivity index (χ2v) is 20.2. The lowest BCUT2D eigenvalue weighted by atomic mass is 9.96. The van der Waals surface area contributed by atoms with E-state index in [2.05, 4.69) is 241 Å². The zero-order valence-electron chi connectivity index (χ0n) is 38.5. The third-order valence-electron chi connectivity index (χ3n) is 14.1. The van der Waals surface area contributed by atoms with Gasteiger partial charge in [0.05, 0.1) is 20.8 Å². The Morgan fingerprint density at radius 2 is 0.831 bits per heavy atom. The summed E-state index contributed by atoms with van der Waals surface area (Å²) >= 11 is 3.71. The quantitative estimate of drug-likeness (QED) is 0.134. The monoisotopic (exact) mass is 942 g/mol. The lowest BCUT2D eigenvalue weighted by Gasteiger charge is -2.31. The van der Waals surface area contributed by atoms with E-state index < -0.39 is 0 Å². The predicted octanol–water partition coefficient (Wildman–Crippen LogP) is 20.5. The lowest BCUT2D eigenvalue weighted by molar-refractivity contribution is 0.673. The van der Waals surface area contributed by atoms with Crippen LogP contribution in [0.5, 0.6) is 0 Å². The van der Waals surface area contributed by atoms with Crippen LogP contribution >= 0.6 is 22.7 Å². The number of thiophene rings is 2. The summed E-state index contributed by atoms with van der Waals surface area (Å²) in [6, 6.07) is 79.6. The van der Waals surface area contributed by atoms with Gasteiger partial charge in [0.1, 0.15) is 11.2 Å². The van der Waals surface area contributed by atoms with Gasteiger partial charge in [-0.3, -0.25) is 0 Å². The summed E-state index contributed by atoms with van der Waals surface area (Å²) in [5.41, 5.74) is 12.3. The number of hydrogen-bond donors (Lipinski definition) is 0. The molecule has 0 fully saturated rings. The molecule has 14 rings (SSSR count). The highest BCUT2D eigenvalue weighted by molar-refractivity contribution is 7.27. The Bertz CT molecular complexity index is 4290. The normalized spacial score (nSPS) is 11.8. The van der Waals surface area contributed by atoms with Gasteiger partial charge < -0.3 is 14.2 Å². The number of hydrogen-bond acceptors (Lipinski definition) is 5. The summed E-state index contributed by atoms with van der Waals surface area (Å²) in [7, 11) is 0. The van der Waals surface area contributed by atoms with Crippen LogP contribution in [-0.2, 0) is 0 Å². The van der Waals surface area contributed by atoms with E-state index in [1.54, 1.807) is 0 Å². The van der Waals surface area contributed by atoms with Gasteiger partial charge in [0.2, 0.25) is 0 Å². The maximum atomic E-state index is 7.03. The summed E-state index contributed by atoms with van der Waals surface area (Å²) in [4.78, 5) is 4.88. The number of fused-ring (bicyclic) bond motifs is 14. The second-order valence-electron chi connectivity index (χ2n) is 18.1. The molecule has 0 aliphatic heterocycles. The van der Waals surface area contributed by atoms with Crippen molar-refractivity contribution in [3.8, 4) is 11.1 Å². The van der Waals surface area contributed by atoms with Gasteiger partial charge in [-0.05, 0) is 117 Å². The van der Waals surface area contributed by atoms with Crippen LogP contribution in [0.15, 0.2) is 236 Å². The largest absolute Gasteiger partial charge is 0.455 e. The van der Waals surface area contributed by atoms with E-state index in [-0.39, 0.29) is 0 Å². The standard InChI is InChI=1S/C66H42N2OS2/c1-3-41-27-32-45(33-28-41)67(46-34-29-42(4-2)30-35-46)47-37-44(43-31-36-57-60(39-43)69-64-54-20-8-6-16-50(54)49-15-5-7-19-53(49)63(57)64)38-48(40-47)68(58-23-13-21-55-51-17-9-11-25-61(51)70-65(55)58)59-24-14-22-56-52-18-10-12-26-62(52)71-66(56)59/h3-40H,1-2H2. The molecule has 0 N–H and O–H groups in total. The fourth-order valence-corrected chi connectivity index (χ4v) is 13.2. The van der Waals surface area contributed by atoms with Crippen molar-refractivity contribution >= 4 is 153 Å². The molecular formula is C66H42N2OS2. The van der Waals surface area contributed by atoms with Crippen LogP contribution in [0.4, 0.5) is 34.1 Å². The van der Waals surface area contributed by atoms with Crippen LogP contribution in [0.25, 0.3) is 107 Å². The zero-order chi connectivity index (χ0) is 47.2. The molecule has 334 valence electrons. The summed E-state index contributed by atoms with van der Waals surface area (Å²) in [6.07, 6.45) is 3.79. The van der Waals surface area contributed by atoms with Gasteiger partial charge in [-0.2, -0.15) is 0 Å². The van der Waals surface area contributed by atoms with E-state index in [4.69, 9.17) is 4.42 Å². The first kappa shape index (κ1) is 41.3. The van der Waals surface area contributed by atoms with Gasteiger partial charge in [0.25, 0.3) is 0 Å². The molecule has 0 saturated heterocycles. The first-order valence-corrected chi connectivity index (χ1v) is 25.5. The highest BCUT2D eigenvalue weighted by Crippen LogP contribution is 2.51. The predicted molar refractivity (Wildman–Crippen MR) is 309 cm³/mol. The summed E-state index contributed by atoms with van der Waals surface area (Å²) in [5, 5.41) is 12.0. The molecule has 0 amide bonds. The molecule has 0 radical (unpaired) electrons. The molecule has 71 heavy (non-hydrogen) atoms. The molecule has 3 aromatic heterocycles. The van der Waals surface area contributed by atoms with E-state index in [1.807, 2.05) is 34.8 Å². The summed E-state index contributed by atoms with van der Waals surface area (Å²) in [6.45, 7) is 8.15. The van der Waals surface area contributed by atoms with Crippen LogP contribution in [0.2, 0.25) is 0 Å².